The summed E-state index contributed by atoms with van der Waals surface area (Å²) in [5, 5.41) is 13.3. The summed E-state index contributed by atoms with van der Waals surface area (Å²) >= 11 is 3.48. The Morgan fingerprint density at radius 3 is 2.56 bits per heavy atom. The van der Waals surface area contributed by atoms with Crippen LogP contribution in [-0.4, -0.2) is 17.4 Å². The molecule has 25 heavy (non-hydrogen) atoms. The third-order valence-corrected chi connectivity index (χ3v) is 4.19. The van der Waals surface area contributed by atoms with Crippen LogP contribution in [0.4, 0.5) is 11.4 Å². The first-order valence-corrected chi connectivity index (χ1v) is 8.74. The van der Waals surface area contributed by atoms with Gasteiger partial charge in [0.05, 0.1) is 16.0 Å². The molecule has 0 bridgehead atoms. The Balaban J connectivity index is 1.74. The second-order valence-corrected chi connectivity index (χ2v) is 6.28. The van der Waals surface area contributed by atoms with Crippen molar-refractivity contribution in [2.24, 2.45) is 0 Å². The Morgan fingerprint density at radius 2 is 1.96 bits per heavy atom. The van der Waals surface area contributed by atoms with Crippen molar-refractivity contribution >= 4 is 33.2 Å². The number of hydrogen-bond donors (Lipinski definition) is 1. The van der Waals surface area contributed by atoms with Gasteiger partial charge in [-0.15, -0.1) is 0 Å². The Labute approximate surface area is 154 Å². The van der Waals surface area contributed by atoms with Gasteiger partial charge in [-0.05, 0) is 58.6 Å². The molecule has 0 radical (unpaired) electrons. The monoisotopic (exact) mass is 406 g/mol. The predicted octanol–water partition coefficient (Wildman–Crippen LogP) is 4.72. The largest absolute Gasteiger partial charge is 0.492 e. The van der Waals surface area contributed by atoms with Crippen molar-refractivity contribution in [3.8, 4) is 5.75 Å². The van der Waals surface area contributed by atoms with Crippen molar-refractivity contribution in [3.05, 3.63) is 62.6 Å². The van der Waals surface area contributed by atoms with E-state index in [0.717, 1.165) is 16.6 Å². The summed E-state index contributed by atoms with van der Waals surface area (Å²) in [6, 6.07) is 11.7. The lowest BCUT2D eigenvalue weighted by molar-refractivity contribution is -0.384. The van der Waals surface area contributed by atoms with E-state index in [4.69, 9.17) is 4.74 Å². The summed E-state index contributed by atoms with van der Waals surface area (Å²) in [7, 11) is 0. The highest BCUT2D eigenvalue weighted by molar-refractivity contribution is 9.10. The summed E-state index contributed by atoms with van der Waals surface area (Å²) in [6.07, 6.45) is 1.84. The van der Waals surface area contributed by atoms with Gasteiger partial charge < -0.3 is 10.1 Å². The van der Waals surface area contributed by atoms with Crippen LogP contribution in [0, 0.1) is 10.1 Å². The zero-order chi connectivity index (χ0) is 18.2. The molecule has 0 aromatic heterocycles. The minimum Gasteiger partial charge on any atom is -0.492 e. The highest BCUT2D eigenvalue weighted by Gasteiger charge is 2.07. The van der Waals surface area contributed by atoms with Crippen molar-refractivity contribution in [2.45, 2.75) is 26.2 Å². The van der Waals surface area contributed by atoms with Gasteiger partial charge in [-0.3, -0.25) is 14.9 Å². The molecule has 0 aliphatic heterocycles. The molecule has 2 rings (SSSR count). The molecule has 1 N–H and O–H groups in total. The van der Waals surface area contributed by atoms with E-state index >= 15 is 0 Å². The Morgan fingerprint density at radius 1 is 1.24 bits per heavy atom. The molecule has 132 valence electrons. The zero-order valence-electron chi connectivity index (χ0n) is 13.8. The SMILES string of the molecule is CCc1ccc(OCCCC(=O)Nc2ccc([N+](=O)[O-])cc2)c(Br)c1. The van der Waals surface area contributed by atoms with Crippen LogP contribution in [0.2, 0.25) is 0 Å². The van der Waals surface area contributed by atoms with Crippen LogP contribution in [0.3, 0.4) is 0 Å². The molecule has 0 atom stereocenters. The number of amides is 1. The number of carbonyl (C=O) groups excluding carboxylic acids is 1. The van der Waals surface area contributed by atoms with Crippen LogP contribution >= 0.6 is 15.9 Å². The molecule has 0 saturated heterocycles. The summed E-state index contributed by atoms with van der Waals surface area (Å²) in [6.45, 7) is 2.52. The molecule has 7 heteroatoms. The summed E-state index contributed by atoms with van der Waals surface area (Å²) in [5.41, 5.74) is 1.75. The standard InChI is InChI=1S/C18H19BrN2O4/c1-2-13-5-10-17(16(19)12-13)25-11-3-4-18(22)20-14-6-8-15(9-7-14)21(23)24/h5-10,12H,2-4,11H2,1H3,(H,20,22). The number of non-ortho nitro benzene ring substituents is 1. The second-order valence-electron chi connectivity index (χ2n) is 5.42. The number of nitrogens with one attached hydrogen (secondary N) is 1. The van der Waals surface area contributed by atoms with Crippen LogP contribution in [-0.2, 0) is 11.2 Å². The summed E-state index contributed by atoms with van der Waals surface area (Å²) < 4.78 is 6.58. The quantitative estimate of drug-likeness (QED) is 0.390. The van der Waals surface area contributed by atoms with Gasteiger partial charge in [0.2, 0.25) is 5.91 Å². The number of nitro groups is 1. The van der Waals surface area contributed by atoms with Gasteiger partial charge in [0.25, 0.3) is 5.69 Å². The number of nitro benzene ring substituents is 1. The fourth-order valence-electron chi connectivity index (χ4n) is 2.19. The molecule has 1 amide bonds. The highest BCUT2D eigenvalue weighted by atomic mass is 79.9. The minimum absolute atomic E-state index is 0.00827. The number of ether oxygens (including phenoxy) is 1. The van der Waals surface area contributed by atoms with Crippen molar-refractivity contribution in [1.82, 2.24) is 0 Å². The fourth-order valence-corrected chi connectivity index (χ4v) is 2.73. The number of nitrogens with zero attached hydrogens (tertiary/aromatic N) is 1. The molecular formula is C18H19BrN2O4. The maximum atomic E-state index is 11.9. The third kappa shape index (κ3) is 5.86. The van der Waals surface area contributed by atoms with Gasteiger partial charge in [0, 0.05) is 24.2 Å². The lowest BCUT2D eigenvalue weighted by atomic mass is 10.2. The molecule has 2 aromatic carbocycles. The van der Waals surface area contributed by atoms with Gasteiger partial charge in [-0.2, -0.15) is 0 Å². The van der Waals surface area contributed by atoms with Gasteiger partial charge in [0.1, 0.15) is 5.75 Å². The summed E-state index contributed by atoms with van der Waals surface area (Å²) in [5.74, 6) is 0.603. The van der Waals surface area contributed by atoms with E-state index in [1.165, 1.54) is 29.8 Å². The molecule has 0 fully saturated rings. The van der Waals surface area contributed by atoms with Gasteiger partial charge in [0.15, 0.2) is 0 Å². The zero-order valence-corrected chi connectivity index (χ0v) is 15.4. The average Bonchev–Trinajstić information content (AvgIpc) is 2.60. The van der Waals surface area contributed by atoms with E-state index in [1.54, 1.807) is 0 Å². The summed E-state index contributed by atoms with van der Waals surface area (Å²) in [4.78, 5) is 22.0. The highest BCUT2D eigenvalue weighted by Crippen LogP contribution is 2.26. The Kier molecular flexibility index (Phi) is 6.94. The number of benzene rings is 2. The number of anilines is 1. The molecule has 0 unspecified atom stereocenters. The normalized spacial score (nSPS) is 10.3. The Bertz CT molecular complexity index is 747. The van der Waals surface area contributed by atoms with Crippen LogP contribution in [0.25, 0.3) is 0 Å². The van der Waals surface area contributed by atoms with Crippen molar-refractivity contribution in [1.29, 1.82) is 0 Å². The van der Waals surface area contributed by atoms with Crippen LogP contribution < -0.4 is 10.1 Å². The van der Waals surface area contributed by atoms with E-state index < -0.39 is 4.92 Å². The number of halogens is 1. The van der Waals surface area contributed by atoms with Crippen LogP contribution in [0.1, 0.15) is 25.3 Å². The minimum atomic E-state index is -0.478. The fraction of sp³-hybridized carbons (Fsp3) is 0.278. The van der Waals surface area contributed by atoms with Gasteiger partial charge in [-0.25, -0.2) is 0 Å². The first-order chi connectivity index (χ1) is 12.0. The molecular weight excluding hydrogens is 388 g/mol. The van der Waals surface area contributed by atoms with E-state index in [0.29, 0.717) is 25.1 Å². The molecule has 0 saturated carbocycles. The molecule has 0 aliphatic carbocycles. The number of carbonyl (C=O) groups is 1. The predicted molar refractivity (Wildman–Crippen MR) is 100.0 cm³/mol. The average molecular weight is 407 g/mol. The first-order valence-electron chi connectivity index (χ1n) is 7.95. The molecule has 0 spiro atoms. The van der Waals surface area contributed by atoms with E-state index in [2.05, 4.69) is 28.2 Å². The number of rotatable bonds is 8. The topological polar surface area (TPSA) is 81.5 Å². The van der Waals surface area contributed by atoms with Crippen LogP contribution in [0.15, 0.2) is 46.9 Å². The molecule has 0 heterocycles. The van der Waals surface area contributed by atoms with E-state index in [1.807, 2.05) is 18.2 Å². The molecule has 6 nitrogen and oxygen atoms in total. The number of hydrogen-bond acceptors (Lipinski definition) is 4. The first kappa shape index (κ1) is 18.9. The Hall–Kier alpha value is -2.41. The molecule has 2 aromatic rings. The second kappa shape index (κ2) is 9.17. The van der Waals surface area contributed by atoms with Crippen molar-refractivity contribution < 1.29 is 14.5 Å². The van der Waals surface area contributed by atoms with Crippen molar-refractivity contribution in [2.75, 3.05) is 11.9 Å². The van der Waals surface area contributed by atoms with Gasteiger partial charge >= 0.3 is 0 Å². The van der Waals surface area contributed by atoms with E-state index in [-0.39, 0.29) is 11.6 Å². The van der Waals surface area contributed by atoms with Crippen LogP contribution in [0.5, 0.6) is 5.75 Å². The van der Waals surface area contributed by atoms with E-state index in [9.17, 15) is 14.9 Å². The lowest BCUT2D eigenvalue weighted by Crippen LogP contribution is -2.12. The maximum absolute atomic E-state index is 11.9. The van der Waals surface area contributed by atoms with Crippen molar-refractivity contribution in [3.63, 3.8) is 0 Å². The maximum Gasteiger partial charge on any atom is 0.269 e. The smallest absolute Gasteiger partial charge is 0.269 e. The van der Waals surface area contributed by atoms with Gasteiger partial charge in [-0.1, -0.05) is 13.0 Å². The number of aryl methyl sites for hydroxylation is 1. The lowest BCUT2D eigenvalue weighted by Gasteiger charge is -2.09. The third-order valence-electron chi connectivity index (χ3n) is 3.57. The molecule has 0 aliphatic rings.